The monoisotopic (exact) mass is 478 g/mol. The molecule has 0 bridgehead atoms. The molecule has 0 atom stereocenters. The number of nitrogens with one attached hydrogen (secondary N) is 1. The van der Waals surface area contributed by atoms with Gasteiger partial charge in [0.05, 0.1) is 5.75 Å². The normalized spacial score (nSPS) is 16.0. The Hall–Kier alpha value is -1.70. The van der Waals surface area contributed by atoms with E-state index in [1.165, 1.54) is 9.87 Å². The Balaban J connectivity index is 1.59. The van der Waals surface area contributed by atoms with Crippen LogP contribution in [0.5, 0.6) is 0 Å². The highest BCUT2D eigenvalue weighted by molar-refractivity contribution is 9.10. The van der Waals surface area contributed by atoms with Crippen molar-refractivity contribution in [2.24, 2.45) is 5.92 Å². The summed E-state index contributed by atoms with van der Waals surface area (Å²) < 4.78 is 27.9. The molecule has 1 fully saturated rings. The quantitative estimate of drug-likeness (QED) is 0.684. The van der Waals surface area contributed by atoms with Crippen LogP contribution in [-0.4, -0.2) is 31.7 Å². The first-order valence-electron chi connectivity index (χ1n) is 9.76. The molecule has 1 aliphatic rings. The van der Waals surface area contributed by atoms with Gasteiger partial charge >= 0.3 is 0 Å². The number of carbonyl (C=O) groups is 1. The van der Waals surface area contributed by atoms with Crippen molar-refractivity contribution in [3.05, 3.63) is 63.1 Å². The number of amides is 1. The Bertz CT molecular complexity index is 972. The molecule has 1 heterocycles. The zero-order valence-electron chi connectivity index (χ0n) is 17.0. The molecule has 0 radical (unpaired) electrons. The van der Waals surface area contributed by atoms with E-state index < -0.39 is 10.0 Å². The average molecular weight is 479 g/mol. The number of hydrogen-bond donors (Lipinski definition) is 1. The van der Waals surface area contributed by atoms with Gasteiger partial charge in [-0.2, -0.15) is 0 Å². The van der Waals surface area contributed by atoms with E-state index in [0.29, 0.717) is 25.9 Å². The van der Waals surface area contributed by atoms with E-state index in [9.17, 15) is 13.2 Å². The molecule has 2 aromatic rings. The summed E-state index contributed by atoms with van der Waals surface area (Å²) in [5.41, 5.74) is 4.89. The molecule has 1 amide bonds. The van der Waals surface area contributed by atoms with Crippen LogP contribution in [0.3, 0.4) is 0 Å². The number of halogens is 1. The first-order chi connectivity index (χ1) is 13.7. The zero-order valence-corrected chi connectivity index (χ0v) is 19.4. The Morgan fingerprint density at radius 1 is 1.07 bits per heavy atom. The first-order valence-corrected chi connectivity index (χ1v) is 12.2. The molecule has 29 heavy (non-hydrogen) atoms. The molecule has 3 rings (SSSR count). The minimum absolute atomic E-state index is 0.0150. The fraction of sp³-hybridized carbons (Fsp3) is 0.409. The third-order valence-corrected chi connectivity index (χ3v) is 7.78. The summed E-state index contributed by atoms with van der Waals surface area (Å²) in [5, 5.41) is 3.06. The van der Waals surface area contributed by atoms with Crippen molar-refractivity contribution in [1.82, 2.24) is 4.31 Å². The second-order valence-corrected chi connectivity index (χ2v) is 10.7. The standard InChI is InChI=1S/C22H27BrN2O3S/c1-15-12-16(2)21(17(3)13-15)24-22(26)19-8-10-25(11-9-19)29(27,28)14-18-4-6-20(23)7-5-18/h4-7,12-13,19H,8-11,14H2,1-3H3,(H,24,26). The van der Waals surface area contributed by atoms with E-state index in [1.54, 1.807) is 0 Å². The molecule has 1 N–H and O–H groups in total. The number of piperidine rings is 1. The van der Waals surface area contributed by atoms with Crippen molar-refractivity contribution in [3.8, 4) is 0 Å². The van der Waals surface area contributed by atoms with E-state index >= 15 is 0 Å². The Morgan fingerprint density at radius 2 is 1.62 bits per heavy atom. The fourth-order valence-corrected chi connectivity index (χ4v) is 5.71. The highest BCUT2D eigenvalue weighted by Crippen LogP contribution is 2.26. The number of anilines is 1. The van der Waals surface area contributed by atoms with Gasteiger partial charge in [-0.3, -0.25) is 4.79 Å². The van der Waals surface area contributed by atoms with Gasteiger partial charge in [-0.25, -0.2) is 12.7 Å². The maximum absolute atomic E-state index is 12.8. The van der Waals surface area contributed by atoms with Gasteiger partial charge in [-0.05, 0) is 62.4 Å². The summed E-state index contributed by atoms with van der Waals surface area (Å²) in [4.78, 5) is 12.8. The van der Waals surface area contributed by atoms with E-state index in [4.69, 9.17) is 0 Å². The number of aryl methyl sites for hydroxylation is 3. The average Bonchev–Trinajstić information content (AvgIpc) is 2.66. The zero-order chi connectivity index (χ0) is 21.2. The summed E-state index contributed by atoms with van der Waals surface area (Å²) in [6, 6.07) is 11.4. The lowest BCUT2D eigenvalue weighted by molar-refractivity contribution is -0.120. The molecular formula is C22H27BrN2O3S. The van der Waals surface area contributed by atoms with Crippen molar-refractivity contribution in [1.29, 1.82) is 0 Å². The van der Waals surface area contributed by atoms with Gasteiger partial charge in [-0.15, -0.1) is 0 Å². The van der Waals surface area contributed by atoms with E-state index in [1.807, 2.05) is 45.0 Å². The highest BCUT2D eigenvalue weighted by Gasteiger charge is 2.31. The Morgan fingerprint density at radius 3 is 2.17 bits per heavy atom. The molecular weight excluding hydrogens is 452 g/mol. The lowest BCUT2D eigenvalue weighted by Crippen LogP contribution is -2.42. The van der Waals surface area contributed by atoms with Crippen LogP contribution in [0.4, 0.5) is 5.69 Å². The number of nitrogens with zero attached hydrogens (tertiary/aromatic N) is 1. The molecule has 0 spiro atoms. The van der Waals surface area contributed by atoms with Gasteiger partial charge in [0.15, 0.2) is 0 Å². The SMILES string of the molecule is Cc1cc(C)c(NC(=O)C2CCN(S(=O)(=O)Cc3ccc(Br)cc3)CC2)c(C)c1. The van der Waals surface area contributed by atoms with Crippen LogP contribution in [0.2, 0.25) is 0 Å². The molecule has 5 nitrogen and oxygen atoms in total. The maximum atomic E-state index is 12.8. The summed E-state index contributed by atoms with van der Waals surface area (Å²) >= 11 is 3.36. The van der Waals surface area contributed by atoms with Crippen molar-refractivity contribution in [2.45, 2.75) is 39.4 Å². The molecule has 156 valence electrons. The third kappa shape index (κ3) is 5.47. The molecule has 0 saturated carbocycles. The maximum Gasteiger partial charge on any atom is 0.227 e. The van der Waals surface area contributed by atoms with E-state index in [-0.39, 0.29) is 17.6 Å². The smallest absolute Gasteiger partial charge is 0.227 e. The van der Waals surface area contributed by atoms with Gasteiger partial charge in [0.2, 0.25) is 15.9 Å². The molecule has 2 aromatic carbocycles. The summed E-state index contributed by atoms with van der Waals surface area (Å²) in [6.07, 6.45) is 1.07. The van der Waals surface area contributed by atoms with Crippen LogP contribution in [0.1, 0.15) is 35.1 Å². The van der Waals surface area contributed by atoms with Crippen LogP contribution in [0.15, 0.2) is 40.9 Å². The minimum atomic E-state index is -3.39. The van der Waals surface area contributed by atoms with Gasteiger partial charge in [0.25, 0.3) is 0 Å². The second kappa shape index (κ2) is 8.98. The first kappa shape index (κ1) is 22.0. The number of carbonyl (C=O) groups excluding carboxylic acids is 1. The predicted octanol–water partition coefficient (Wildman–Crippen LogP) is 4.55. The largest absolute Gasteiger partial charge is 0.325 e. The van der Waals surface area contributed by atoms with Crippen LogP contribution in [0.25, 0.3) is 0 Å². The molecule has 7 heteroatoms. The molecule has 0 unspecified atom stereocenters. The number of rotatable bonds is 5. The molecule has 1 aliphatic heterocycles. The van der Waals surface area contributed by atoms with Gasteiger partial charge in [-0.1, -0.05) is 45.8 Å². The van der Waals surface area contributed by atoms with Crippen LogP contribution in [0, 0.1) is 26.7 Å². The van der Waals surface area contributed by atoms with Gasteiger partial charge in [0, 0.05) is 29.2 Å². The summed E-state index contributed by atoms with van der Waals surface area (Å²) in [5.74, 6) is -0.210. The highest BCUT2D eigenvalue weighted by atomic mass is 79.9. The van der Waals surface area contributed by atoms with Crippen LogP contribution >= 0.6 is 15.9 Å². The van der Waals surface area contributed by atoms with E-state index in [0.717, 1.165) is 26.9 Å². The lowest BCUT2D eigenvalue weighted by Gasteiger charge is -2.31. The third-order valence-electron chi connectivity index (χ3n) is 5.41. The fourth-order valence-electron chi connectivity index (χ4n) is 3.88. The topological polar surface area (TPSA) is 66.5 Å². The number of sulfonamides is 1. The molecule has 0 aromatic heterocycles. The van der Waals surface area contributed by atoms with E-state index in [2.05, 4.69) is 33.4 Å². The van der Waals surface area contributed by atoms with Gasteiger partial charge in [0.1, 0.15) is 0 Å². The Labute approximate surface area is 181 Å². The van der Waals surface area contributed by atoms with Crippen molar-refractivity contribution in [3.63, 3.8) is 0 Å². The lowest BCUT2D eigenvalue weighted by atomic mass is 9.96. The summed E-state index contributed by atoms with van der Waals surface area (Å²) in [6.45, 7) is 6.78. The molecule has 0 aliphatic carbocycles. The number of benzene rings is 2. The van der Waals surface area contributed by atoms with Crippen molar-refractivity contribution >= 4 is 37.5 Å². The minimum Gasteiger partial charge on any atom is -0.325 e. The predicted molar refractivity (Wildman–Crippen MR) is 120 cm³/mol. The van der Waals surface area contributed by atoms with Crippen LogP contribution in [-0.2, 0) is 20.6 Å². The van der Waals surface area contributed by atoms with Gasteiger partial charge < -0.3 is 5.32 Å². The molecule has 1 saturated heterocycles. The van der Waals surface area contributed by atoms with Crippen molar-refractivity contribution in [2.75, 3.05) is 18.4 Å². The Kier molecular flexibility index (Phi) is 6.81. The van der Waals surface area contributed by atoms with Crippen molar-refractivity contribution < 1.29 is 13.2 Å². The number of hydrogen-bond acceptors (Lipinski definition) is 3. The summed E-state index contributed by atoms with van der Waals surface area (Å²) in [7, 11) is -3.39. The second-order valence-electron chi connectivity index (χ2n) is 7.82. The van der Waals surface area contributed by atoms with Crippen LogP contribution < -0.4 is 5.32 Å².